The number of hydrogen-bond donors (Lipinski definition) is 1. The van der Waals surface area contributed by atoms with Crippen LogP contribution >= 0.6 is 0 Å². The maximum atomic E-state index is 11.2. The molecule has 0 aromatic carbocycles. The highest BCUT2D eigenvalue weighted by molar-refractivity contribution is 5.88. The summed E-state index contributed by atoms with van der Waals surface area (Å²) in [5, 5.41) is 20.1. The quantitative estimate of drug-likeness (QED) is 0.660. The van der Waals surface area contributed by atoms with Gasteiger partial charge in [-0.05, 0) is 20.9 Å². The lowest BCUT2D eigenvalue weighted by molar-refractivity contribution is -0.384. The minimum Gasteiger partial charge on any atom is -0.478 e. The summed E-state index contributed by atoms with van der Waals surface area (Å²) in [4.78, 5) is 29.6. The Balaban J connectivity index is 2.39. The van der Waals surface area contributed by atoms with Gasteiger partial charge in [-0.1, -0.05) is 0 Å². The van der Waals surface area contributed by atoms with Crippen molar-refractivity contribution in [3.63, 3.8) is 0 Å². The Kier molecular flexibility index (Phi) is 4.08. The molecule has 1 fully saturated rings. The molecule has 0 amide bonds. The van der Waals surface area contributed by atoms with Crippen LogP contribution in [-0.4, -0.2) is 58.1 Å². The zero-order valence-corrected chi connectivity index (χ0v) is 12.2. The van der Waals surface area contributed by atoms with Crippen molar-refractivity contribution in [2.45, 2.75) is 25.9 Å². The fourth-order valence-corrected chi connectivity index (χ4v) is 2.52. The molecule has 8 heteroatoms. The van der Waals surface area contributed by atoms with Crippen LogP contribution in [-0.2, 0) is 0 Å². The van der Waals surface area contributed by atoms with E-state index in [1.165, 1.54) is 6.20 Å². The molecule has 1 aliphatic rings. The molecule has 114 valence electrons. The van der Waals surface area contributed by atoms with Gasteiger partial charge in [0.2, 0.25) is 5.82 Å². The van der Waals surface area contributed by atoms with E-state index in [9.17, 15) is 14.9 Å². The van der Waals surface area contributed by atoms with Crippen LogP contribution in [0, 0.1) is 10.1 Å². The SMILES string of the molecule is CC1CN(c2ncc(C(=O)O)cc2[N+](=O)[O-])CC(C)N1C. The lowest BCUT2D eigenvalue weighted by Crippen LogP contribution is -2.55. The number of carbonyl (C=O) groups is 1. The minimum absolute atomic E-state index is 0.180. The maximum absolute atomic E-state index is 11.2. The molecule has 0 bridgehead atoms. The van der Waals surface area contributed by atoms with Gasteiger partial charge >= 0.3 is 11.7 Å². The molecular weight excluding hydrogens is 276 g/mol. The molecule has 0 radical (unpaired) electrons. The molecule has 1 aromatic heterocycles. The smallest absolute Gasteiger partial charge is 0.337 e. The van der Waals surface area contributed by atoms with Crippen molar-refractivity contribution in [1.82, 2.24) is 9.88 Å². The first-order chi connectivity index (χ1) is 9.81. The molecule has 2 unspecified atom stereocenters. The fourth-order valence-electron chi connectivity index (χ4n) is 2.52. The lowest BCUT2D eigenvalue weighted by atomic mass is 10.1. The van der Waals surface area contributed by atoms with Crippen LogP contribution in [0.5, 0.6) is 0 Å². The van der Waals surface area contributed by atoms with Crippen molar-refractivity contribution < 1.29 is 14.8 Å². The average molecular weight is 294 g/mol. The third kappa shape index (κ3) is 2.94. The first kappa shape index (κ1) is 15.2. The summed E-state index contributed by atoms with van der Waals surface area (Å²) in [6.07, 6.45) is 1.16. The molecule has 0 saturated carbocycles. The molecule has 1 saturated heterocycles. The van der Waals surface area contributed by atoms with Gasteiger partial charge in [0.15, 0.2) is 0 Å². The molecule has 0 aliphatic carbocycles. The topological polar surface area (TPSA) is 99.8 Å². The Morgan fingerprint density at radius 1 is 1.43 bits per heavy atom. The minimum atomic E-state index is -1.22. The predicted octanol–water partition coefficient (Wildman–Crippen LogP) is 1.22. The number of carboxylic acids is 1. The number of hydrogen-bond acceptors (Lipinski definition) is 6. The Morgan fingerprint density at radius 2 is 2.00 bits per heavy atom. The van der Waals surface area contributed by atoms with Gasteiger partial charge in [0, 0.05) is 37.4 Å². The van der Waals surface area contributed by atoms with Crippen molar-refractivity contribution in [3.8, 4) is 0 Å². The first-order valence-corrected chi connectivity index (χ1v) is 6.66. The van der Waals surface area contributed by atoms with Crippen LogP contribution in [0.4, 0.5) is 11.5 Å². The van der Waals surface area contributed by atoms with E-state index in [0.717, 1.165) is 6.07 Å². The van der Waals surface area contributed by atoms with Crippen molar-refractivity contribution in [3.05, 3.63) is 27.9 Å². The van der Waals surface area contributed by atoms with Gasteiger partial charge in [-0.15, -0.1) is 0 Å². The Bertz CT molecular complexity index is 565. The number of anilines is 1. The van der Waals surface area contributed by atoms with Gasteiger partial charge in [0.05, 0.1) is 10.5 Å². The molecular formula is C13H18N4O4. The number of aromatic carboxylic acids is 1. The van der Waals surface area contributed by atoms with Crippen LogP contribution in [0.15, 0.2) is 12.3 Å². The third-order valence-corrected chi connectivity index (χ3v) is 3.95. The zero-order chi connectivity index (χ0) is 15.7. The fraction of sp³-hybridized carbons (Fsp3) is 0.538. The molecule has 1 aromatic rings. The molecule has 0 spiro atoms. The number of likely N-dealkylation sites (N-methyl/N-ethyl adjacent to an activating group) is 1. The number of piperazine rings is 1. The van der Waals surface area contributed by atoms with Crippen LogP contribution in [0.2, 0.25) is 0 Å². The third-order valence-electron chi connectivity index (χ3n) is 3.95. The van der Waals surface area contributed by atoms with Gasteiger partial charge in [-0.2, -0.15) is 0 Å². The Morgan fingerprint density at radius 3 is 2.48 bits per heavy atom. The van der Waals surface area contributed by atoms with E-state index in [2.05, 4.69) is 9.88 Å². The van der Waals surface area contributed by atoms with Gasteiger partial charge in [-0.3, -0.25) is 15.0 Å². The molecule has 1 aliphatic heterocycles. The van der Waals surface area contributed by atoms with Gasteiger partial charge in [-0.25, -0.2) is 9.78 Å². The van der Waals surface area contributed by atoms with Gasteiger partial charge in [0.1, 0.15) is 0 Å². The number of carboxylic acid groups (broad SMARTS) is 1. The summed E-state index contributed by atoms with van der Waals surface area (Å²) in [6.45, 7) is 5.31. The average Bonchev–Trinajstić information content (AvgIpc) is 2.43. The predicted molar refractivity (Wildman–Crippen MR) is 76.8 cm³/mol. The van der Waals surface area contributed by atoms with E-state index in [0.29, 0.717) is 13.1 Å². The van der Waals surface area contributed by atoms with Crippen LogP contribution in [0.25, 0.3) is 0 Å². The van der Waals surface area contributed by atoms with Crippen molar-refractivity contribution >= 4 is 17.5 Å². The highest BCUT2D eigenvalue weighted by Crippen LogP contribution is 2.29. The molecule has 2 rings (SSSR count). The van der Waals surface area contributed by atoms with E-state index < -0.39 is 10.9 Å². The Hall–Kier alpha value is -2.22. The monoisotopic (exact) mass is 294 g/mol. The van der Waals surface area contributed by atoms with Crippen molar-refractivity contribution in [2.24, 2.45) is 0 Å². The second kappa shape index (κ2) is 5.65. The molecule has 2 heterocycles. The van der Waals surface area contributed by atoms with Crippen LogP contribution in [0.3, 0.4) is 0 Å². The standard InChI is InChI=1S/C13H18N4O4/c1-8-6-16(7-9(2)15(8)3)12-11(17(20)21)4-10(5-14-12)13(18)19/h4-5,8-9H,6-7H2,1-3H3,(H,18,19). The van der Waals surface area contributed by atoms with Crippen molar-refractivity contribution in [1.29, 1.82) is 0 Å². The zero-order valence-electron chi connectivity index (χ0n) is 12.2. The number of rotatable bonds is 3. The molecule has 8 nitrogen and oxygen atoms in total. The lowest BCUT2D eigenvalue weighted by Gasteiger charge is -2.42. The maximum Gasteiger partial charge on any atom is 0.337 e. The van der Waals surface area contributed by atoms with Gasteiger partial charge < -0.3 is 10.0 Å². The number of aromatic nitrogens is 1. The van der Waals surface area contributed by atoms with Crippen LogP contribution in [0.1, 0.15) is 24.2 Å². The van der Waals surface area contributed by atoms with E-state index in [1.54, 1.807) is 0 Å². The molecule has 2 atom stereocenters. The van der Waals surface area contributed by atoms with E-state index in [-0.39, 0.29) is 29.2 Å². The van der Waals surface area contributed by atoms with E-state index in [4.69, 9.17) is 5.11 Å². The van der Waals surface area contributed by atoms with E-state index >= 15 is 0 Å². The second-order valence-corrected chi connectivity index (χ2v) is 5.40. The summed E-state index contributed by atoms with van der Waals surface area (Å²) in [5.41, 5.74) is -0.445. The van der Waals surface area contributed by atoms with Gasteiger partial charge in [0.25, 0.3) is 0 Å². The number of pyridine rings is 1. The summed E-state index contributed by atoms with van der Waals surface area (Å²) in [5.74, 6) is -0.992. The molecule has 21 heavy (non-hydrogen) atoms. The largest absolute Gasteiger partial charge is 0.478 e. The Labute approximate surface area is 122 Å². The first-order valence-electron chi connectivity index (χ1n) is 6.66. The summed E-state index contributed by atoms with van der Waals surface area (Å²) in [6, 6.07) is 1.53. The normalized spacial score (nSPS) is 23.1. The highest BCUT2D eigenvalue weighted by Gasteiger charge is 2.31. The van der Waals surface area contributed by atoms with Crippen molar-refractivity contribution in [2.75, 3.05) is 25.0 Å². The second-order valence-electron chi connectivity index (χ2n) is 5.40. The summed E-state index contributed by atoms with van der Waals surface area (Å²) in [7, 11) is 2.02. The summed E-state index contributed by atoms with van der Waals surface area (Å²) >= 11 is 0. The summed E-state index contributed by atoms with van der Waals surface area (Å²) < 4.78 is 0. The number of nitro groups is 1. The van der Waals surface area contributed by atoms with E-state index in [1.807, 2.05) is 25.8 Å². The highest BCUT2D eigenvalue weighted by atomic mass is 16.6. The van der Waals surface area contributed by atoms with Crippen LogP contribution < -0.4 is 4.90 Å². The number of nitrogens with zero attached hydrogens (tertiary/aromatic N) is 4. The molecule has 1 N–H and O–H groups in total.